The molecule has 1 heterocycles. The van der Waals surface area contributed by atoms with Gasteiger partial charge in [0.25, 0.3) is 0 Å². The number of rotatable bonds is 4. The van der Waals surface area contributed by atoms with Gasteiger partial charge in [-0.05, 0) is 55.7 Å². The minimum atomic E-state index is -0.138. The fourth-order valence-electron chi connectivity index (χ4n) is 4.78. The first kappa shape index (κ1) is 17.3. The Balaban J connectivity index is 1.37. The number of aryl methyl sites for hydroxylation is 1. The van der Waals surface area contributed by atoms with Crippen LogP contribution in [-0.4, -0.2) is 29.2 Å². The minimum Gasteiger partial charge on any atom is -0.326 e. The molecule has 4 rings (SSSR count). The normalized spacial score (nSPS) is 25.0. The number of amides is 3. The van der Waals surface area contributed by atoms with E-state index in [0.717, 1.165) is 50.6 Å². The van der Waals surface area contributed by atoms with Crippen molar-refractivity contribution in [2.45, 2.75) is 57.8 Å². The van der Waals surface area contributed by atoms with Crippen LogP contribution in [0, 0.1) is 11.8 Å². The smallest absolute Gasteiger partial charge is 0.233 e. The maximum atomic E-state index is 12.5. The third kappa shape index (κ3) is 3.15. The van der Waals surface area contributed by atoms with Crippen molar-refractivity contribution in [2.75, 3.05) is 11.9 Å². The largest absolute Gasteiger partial charge is 0.326 e. The Morgan fingerprint density at radius 3 is 2.42 bits per heavy atom. The predicted molar refractivity (Wildman–Crippen MR) is 98.5 cm³/mol. The molecule has 2 fully saturated rings. The second-order valence-electron chi connectivity index (χ2n) is 7.77. The maximum absolute atomic E-state index is 12.5. The van der Waals surface area contributed by atoms with Gasteiger partial charge in [-0.25, -0.2) is 0 Å². The number of nitrogens with one attached hydrogen (secondary N) is 1. The molecule has 5 heteroatoms. The summed E-state index contributed by atoms with van der Waals surface area (Å²) in [6, 6.07) is 6.06. The van der Waals surface area contributed by atoms with Gasteiger partial charge in [-0.15, -0.1) is 0 Å². The number of carbonyl (C=O) groups excluding carboxylic acids is 3. The van der Waals surface area contributed by atoms with Gasteiger partial charge in [0.05, 0.1) is 11.8 Å². The number of imide groups is 1. The number of benzene rings is 1. The summed E-state index contributed by atoms with van der Waals surface area (Å²) in [6.07, 6.45) is 8.26. The lowest BCUT2D eigenvalue weighted by Crippen LogP contribution is -2.34. The maximum Gasteiger partial charge on any atom is 0.233 e. The van der Waals surface area contributed by atoms with Gasteiger partial charge in [-0.2, -0.15) is 0 Å². The molecular weight excluding hydrogens is 328 g/mol. The Kier molecular flexibility index (Phi) is 4.79. The van der Waals surface area contributed by atoms with Crippen LogP contribution in [0.1, 0.15) is 56.1 Å². The number of fused-ring (bicyclic) bond motifs is 2. The predicted octanol–water partition coefficient (Wildman–Crippen LogP) is 3.07. The van der Waals surface area contributed by atoms with E-state index in [1.165, 1.54) is 22.4 Å². The lowest BCUT2D eigenvalue weighted by Gasteiger charge is -2.20. The van der Waals surface area contributed by atoms with E-state index in [1.54, 1.807) is 0 Å². The van der Waals surface area contributed by atoms with Crippen LogP contribution in [0.25, 0.3) is 0 Å². The molecule has 0 bridgehead atoms. The summed E-state index contributed by atoms with van der Waals surface area (Å²) >= 11 is 0. The van der Waals surface area contributed by atoms with E-state index in [-0.39, 0.29) is 42.5 Å². The van der Waals surface area contributed by atoms with E-state index in [2.05, 4.69) is 11.4 Å². The van der Waals surface area contributed by atoms with E-state index in [1.807, 2.05) is 12.1 Å². The van der Waals surface area contributed by atoms with Crippen molar-refractivity contribution in [1.82, 2.24) is 4.90 Å². The number of nitrogens with zero attached hydrogens (tertiary/aromatic N) is 1. The topological polar surface area (TPSA) is 66.5 Å². The van der Waals surface area contributed by atoms with Crippen LogP contribution in [0.15, 0.2) is 18.2 Å². The van der Waals surface area contributed by atoms with Gasteiger partial charge >= 0.3 is 0 Å². The number of hydrogen-bond donors (Lipinski definition) is 1. The summed E-state index contributed by atoms with van der Waals surface area (Å²) in [6.45, 7) is 0.200. The highest BCUT2D eigenvalue weighted by molar-refractivity contribution is 6.05. The van der Waals surface area contributed by atoms with Crippen molar-refractivity contribution in [3.63, 3.8) is 0 Å². The number of hydrogen-bond acceptors (Lipinski definition) is 3. The quantitative estimate of drug-likeness (QED) is 0.845. The highest BCUT2D eigenvalue weighted by atomic mass is 16.2. The minimum absolute atomic E-state index is 0.0652. The SMILES string of the molecule is O=C(CCN1C(=O)C2CCCCC2C1=O)Nc1cccc2c1CCCC2. The summed E-state index contributed by atoms with van der Waals surface area (Å²) in [5.41, 5.74) is 3.45. The standard InChI is InChI=1S/C21H26N2O3/c24-19(22-18-11-5-7-14-6-1-2-8-15(14)18)12-13-23-20(25)16-9-3-4-10-17(16)21(23)26/h5,7,11,16-17H,1-4,6,8-10,12-13H2,(H,22,24). The monoisotopic (exact) mass is 354 g/mol. The van der Waals surface area contributed by atoms with Crippen LogP contribution >= 0.6 is 0 Å². The van der Waals surface area contributed by atoms with Crippen LogP contribution in [0.2, 0.25) is 0 Å². The van der Waals surface area contributed by atoms with Crippen molar-refractivity contribution in [2.24, 2.45) is 11.8 Å². The molecule has 26 heavy (non-hydrogen) atoms. The highest BCUT2D eigenvalue weighted by Gasteiger charge is 2.47. The molecule has 1 saturated heterocycles. The first-order chi connectivity index (χ1) is 12.6. The average Bonchev–Trinajstić information content (AvgIpc) is 2.91. The zero-order valence-electron chi connectivity index (χ0n) is 15.1. The van der Waals surface area contributed by atoms with E-state index >= 15 is 0 Å². The van der Waals surface area contributed by atoms with Crippen molar-refractivity contribution in [3.05, 3.63) is 29.3 Å². The first-order valence-corrected chi connectivity index (χ1v) is 9.91. The Morgan fingerprint density at radius 1 is 1.00 bits per heavy atom. The number of carbonyl (C=O) groups is 3. The fourth-order valence-corrected chi connectivity index (χ4v) is 4.78. The molecule has 138 valence electrons. The zero-order chi connectivity index (χ0) is 18.1. The number of likely N-dealkylation sites (tertiary alicyclic amines) is 1. The second kappa shape index (κ2) is 7.22. The van der Waals surface area contributed by atoms with Crippen molar-refractivity contribution in [1.29, 1.82) is 0 Å². The summed E-state index contributed by atoms with van der Waals surface area (Å²) in [4.78, 5) is 38.7. The van der Waals surface area contributed by atoms with Gasteiger partial charge in [0.15, 0.2) is 0 Å². The van der Waals surface area contributed by atoms with Crippen LogP contribution < -0.4 is 5.32 Å². The van der Waals surface area contributed by atoms with E-state index in [4.69, 9.17) is 0 Å². The summed E-state index contributed by atoms with van der Waals surface area (Å²) in [7, 11) is 0. The van der Waals surface area contributed by atoms with Crippen molar-refractivity contribution < 1.29 is 14.4 Å². The molecule has 5 nitrogen and oxygen atoms in total. The molecule has 2 atom stereocenters. The molecular formula is C21H26N2O3. The Morgan fingerprint density at radius 2 is 1.69 bits per heavy atom. The van der Waals surface area contributed by atoms with Crippen molar-refractivity contribution >= 4 is 23.4 Å². The molecule has 3 amide bonds. The van der Waals surface area contributed by atoms with E-state index in [0.29, 0.717) is 0 Å². The van der Waals surface area contributed by atoms with Crippen LogP contribution in [-0.2, 0) is 27.2 Å². The summed E-state index contributed by atoms with van der Waals surface area (Å²) in [5.74, 6) is -0.533. The highest BCUT2D eigenvalue weighted by Crippen LogP contribution is 2.38. The molecule has 2 unspecified atom stereocenters. The van der Waals surface area contributed by atoms with E-state index < -0.39 is 0 Å². The van der Waals surface area contributed by atoms with Gasteiger partial charge in [-0.3, -0.25) is 19.3 Å². The van der Waals surface area contributed by atoms with Gasteiger partial charge in [-0.1, -0.05) is 25.0 Å². The third-order valence-electron chi connectivity index (χ3n) is 6.16. The number of anilines is 1. The van der Waals surface area contributed by atoms with Gasteiger partial charge < -0.3 is 5.32 Å². The molecule has 1 aromatic rings. The molecule has 3 aliphatic rings. The van der Waals surface area contributed by atoms with Gasteiger partial charge in [0, 0.05) is 18.7 Å². The zero-order valence-corrected chi connectivity index (χ0v) is 15.1. The molecule has 0 aromatic heterocycles. The molecule has 0 spiro atoms. The Bertz CT molecular complexity index is 719. The fraction of sp³-hybridized carbons (Fsp3) is 0.571. The van der Waals surface area contributed by atoms with Crippen LogP contribution in [0.4, 0.5) is 5.69 Å². The van der Waals surface area contributed by atoms with Gasteiger partial charge in [0.1, 0.15) is 0 Å². The summed E-state index contributed by atoms with van der Waals surface area (Å²) < 4.78 is 0. The Labute approximate surface area is 154 Å². The second-order valence-corrected chi connectivity index (χ2v) is 7.77. The molecule has 1 saturated carbocycles. The van der Waals surface area contributed by atoms with E-state index in [9.17, 15) is 14.4 Å². The molecule has 2 aliphatic carbocycles. The van der Waals surface area contributed by atoms with Crippen LogP contribution in [0.5, 0.6) is 0 Å². The summed E-state index contributed by atoms with van der Waals surface area (Å²) in [5, 5.41) is 3.00. The van der Waals surface area contributed by atoms with Crippen molar-refractivity contribution in [3.8, 4) is 0 Å². The molecule has 1 aromatic carbocycles. The average molecular weight is 354 g/mol. The lowest BCUT2D eigenvalue weighted by molar-refractivity contribution is -0.140. The molecule has 0 radical (unpaired) electrons. The molecule has 1 aliphatic heterocycles. The Hall–Kier alpha value is -2.17. The first-order valence-electron chi connectivity index (χ1n) is 9.91. The third-order valence-corrected chi connectivity index (χ3v) is 6.16. The molecule has 1 N–H and O–H groups in total. The van der Waals surface area contributed by atoms with Gasteiger partial charge in [0.2, 0.25) is 17.7 Å². The van der Waals surface area contributed by atoms with Crippen LogP contribution in [0.3, 0.4) is 0 Å². The lowest BCUT2D eigenvalue weighted by atomic mass is 9.81.